The first-order valence-electron chi connectivity index (χ1n) is 9.91. The summed E-state index contributed by atoms with van der Waals surface area (Å²) in [4.78, 5) is 12.8. The van der Waals surface area contributed by atoms with Gasteiger partial charge in [0, 0.05) is 25.0 Å². The van der Waals surface area contributed by atoms with Crippen LogP contribution in [0.3, 0.4) is 0 Å². The average molecular weight is 431 g/mol. The molecule has 30 heavy (non-hydrogen) atoms. The van der Waals surface area contributed by atoms with Gasteiger partial charge >= 0.3 is 0 Å². The molecule has 8 nitrogen and oxygen atoms in total. The molecule has 0 aliphatic heterocycles. The Balaban J connectivity index is 1.88. The molecule has 0 saturated carbocycles. The predicted octanol–water partition coefficient (Wildman–Crippen LogP) is 3.47. The van der Waals surface area contributed by atoms with E-state index in [0.29, 0.717) is 42.3 Å². The molecule has 160 valence electrons. The van der Waals surface area contributed by atoms with Crippen LogP contribution in [0.15, 0.2) is 51.9 Å². The number of carbonyl (C=O) groups is 1. The van der Waals surface area contributed by atoms with E-state index in [0.717, 1.165) is 5.39 Å². The van der Waals surface area contributed by atoms with E-state index in [1.807, 2.05) is 25.1 Å². The van der Waals surface area contributed by atoms with E-state index >= 15 is 0 Å². The number of nitrogens with one attached hydrogen (secondary N) is 2. The molecule has 0 saturated heterocycles. The van der Waals surface area contributed by atoms with Crippen molar-refractivity contribution < 1.29 is 17.7 Å². The highest BCUT2D eigenvalue weighted by Crippen LogP contribution is 2.28. The fourth-order valence-corrected chi connectivity index (χ4v) is 4.74. The second-order valence-electron chi connectivity index (χ2n) is 6.68. The second-order valence-corrected chi connectivity index (χ2v) is 8.62. The lowest BCUT2D eigenvalue weighted by atomic mass is 10.1. The van der Waals surface area contributed by atoms with Gasteiger partial charge in [0.05, 0.1) is 22.7 Å². The van der Waals surface area contributed by atoms with Crippen molar-refractivity contribution in [3.05, 3.63) is 48.2 Å². The number of sulfonamides is 1. The molecule has 2 aromatic carbocycles. The summed E-state index contributed by atoms with van der Waals surface area (Å²) in [6.45, 7) is 6.87. The quantitative estimate of drug-likeness (QED) is 0.539. The molecular weight excluding hydrogens is 404 g/mol. The van der Waals surface area contributed by atoms with Gasteiger partial charge in [0.25, 0.3) is 0 Å². The number of hydrogen-bond donors (Lipinski definition) is 2. The highest BCUT2D eigenvalue weighted by molar-refractivity contribution is 7.89. The van der Waals surface area contributed by atoms with E-state index in [-0.39, 0.29) is 17.2 Å². The summed E-state index contributed by atoms with van der Waals surface area (Å²) in [5, 5.41) is 10.7. The lowest BCUT2D eigenvalue weighted by molar-refractivity contribution is -0.115. The molecule has 0 aliphatic carbocycles. The molecule has 0 bridgehead atoms. The van der Waals surface area contributed by atoms with Gasteiger partial charge in [-0.25, -0.2) is 8.42 Å². The summed E-state index contributed by atoms with van der Waals surface area (Å²) in [6, 6.07) is 12.0. The molecular formula is C21H26N4O4S. The van der Waals surface area contributed by atoms with E-state index in [2.05, 4.69) is 15.8 Å². The van der Waals surface area contributed by atoms with Crippen LogP contribution in [0.1, 0.15) is 26.5 Å². The largest absolute Gasteiger partial charge is 0.384 e. The molecule has 3 aromatic rings. The molecule has 0 radical (unpaired) electrons. The second kappa shape index (κ2) is 9.27. The smallest absolute Gasteiger partial charge is 0.243 e. The number of benzene rings is 2. The number of hydrogen-bond acceptors (Lipinski definition) is 6. The van der Waals surface area contributed by atoms with Gasteiger partial charge in [-0.3, -0.25) is 4.79 Å². The Bertz CT molecular complexity index is 1140. The molecule has 1 heterocycles. The van der Waals surface area contributed by atoms with Crippen LogP contribution < -0.4 is 10.6 Å². The number of para-hydroxylation sites is 1. The van der Waals surface area contributed by atoms with Crippen molar-refractivity contribution in [2.45, 2.75) is 32.1 Å². The third-order valence-corrected chi connectivity index (χ3v) is 6.80. The summed E-state index contributed by atoms with van der Waals surface area (Å²) in [6.07, 6.45) is 0.00952. The Kier molecular flexibility index (Phi) is 6.73. The average Bonchev–Trinajstić information content (AvgIpc) is 3.13. The third kappa shape index (κ3) is 4.47. The van der Waals surface area contributed by atoms with Crippen molar-refractivity contribution in [1.29, 1.82) is 0 Å². The minimum absolute atomic E-state index is 0.00952. The van der Waals surface area contributed by atoms with E-state index in [1.165, 1.54) is 10.4 Å². The fourth-order valence-electron chi connectivity index (χ4n) is 3.26. The van der Waals surface area contributed by atoms with Crippen molar-refractivity contribution in [3.63, 3.8) is 0 Å². The minimum Gasteiger partial charge on any atom is -0.384 e. The fraction of sp³-hybridized carbons (Fsp3) is 0.333. The van der Waals surface area contributed by atoms with Crippen LogP contribution in [0.4, 0.5) is 11.4 Å². The number of fused-ring (bicyclic) bond motifs is 1. The summed E-state index contributed by atoms with van der Waals surface area (Å²) in [7, 11) is -3.64. The molecule has 9 heteroatoms. The Labute approximate surface area is 176 Å². The van der Waals surface area contributed by atoms with Crippen molar-refractivity contribution in [2.75, 3.05) is 30.3 Å². The summed E-state index contributed by atoms with van der Waals surface area (Å²) in [5.74, 6) is -0.314. The zero-order valence-corrected chi connectivity index (χ0v) is 18.1. The maximum Gasteiger partial charge on any atom is 0.243 e. The standard InChI is InChI=1S/C21H26N4O4S/c1-4-22-17-12-11-15(30(27,28)25(5-2)6-3)13-19(17)23-21(26)14-18-16-9-7-8-10-20(16)29-24-18/h7-13,22H,4-6,14H2,1-3H3,(H,23,26). The first-order chi connectivity index (χ1) is 14.4. The van der Waals surface area contributed by atoms with E-state index in [4.69, 9.17) is 4.52 Å². The van der Waals surface area contributed by atoms with Crippen LogP contribution in [0.25, 0.3) is 11.0 Å². The van der Waals surface area contributed by atoms with Gasteiger partial charge in [-0.2, -0.15) is 4.31 Å². The molecule has 1 amide bonds. The first-order valence-corrected chi connectivity index (χ1v) is 11.4. The van der Waals surface area contributed by atoms with Crippen molar-refractivity contribution in [3.8, 4) is 0 Å². The third-order valence-electron chi connectivity index (χ3n) is 4.76. The molecule has 0 aliphatic rings. The Morgan fingerprint density at radius 2 is 1.80 bits per heavy atom. The maximum atomic E-state index is 12.9. The Hall–Kier alpha value is -2.91. The normalized spacial score (nSPS) is 11.7. The topological polar surface area (TPSA) is 105 Å². The van der Waals surface area contributed by atoms with E-state index in [1.54, 1.807) is 32.0 Å². The predicted molar refractivity (Wildman–Crippen MR) is 117 cm³/mol. The van der Waals surface area contributed by atoms with Gasteiger partial charge in [0.2, 0.25) is 15.9 Å². The number of carbonyl (C=O) groups excluding carboxylic acids is 1. The van der Waals surface area contributed by atoms with Gasteiger partial charge in [-0.15, -0.1) is 0 Å². The summed E-state index contributed by atoms with van der Waals surface area (Å²) in [5.41, 5.74) is 2.19. The SMILES string of the molecule is CCNc1ccc(S(=O)(=O)N(CC)CC)cc1NC(=O)Cc1noc2ccccc12. The molecule has 0 fully saturated rings. The number of amides is 1. The Morgan fingerprint density at radius 3 is 2.50 bits per heavy atom. The van der Waals surface area contributed by atoms with E-state index < -0.39 is 10.0 Å². The van der Waals surface area contributed by atoms with Gasteiger partial charge in [0.15, 0.2) is 5.58 Å². The Morgan fingerprint density at radius 1 is 1.07 bits per heavy atom. The van der Waals surface area contributed by atoms with Crippen molar-refractivity contribution >= 4 is 38.3 Å². The lowest BCUT2D eigenvalue weighted by Crippen LogP contribution is -2.30. The highest BCUT2D eigenvalue weighted by Gasteiger charge is 2.23. The zero-order chi connectivity index (χ0) is 21.7. The molecule has 0 spiro atoms. The van der Waals surface area contributed by atoms with Gasteiger partial charge in [-0.1, -0.05) is 31.1 Å². The zero-order valence-electron chi connectivity index (χ0n) is 17.3. The number of nitrogens with zero attached hydrogens (tertiary/aromatic N) is 2. The van der Waals surface area contributed by atoms with Crippen LogP contribution in [-0.2, 0) is 21.2 Å². The monoisotopic (exact) mass is 430 g/mol. The molecule has 3 rings (SSSR count). The highest BCUT2D eigenvalue weighted by atomic mass is 32.2. The van der Waals surface area contributed by atoms with Crippen LogP contribution >= 0.6 is 0 Å². The number of anilines is 2. The first kappa shape index (κ1) is 21.8. The number of aromatic nitrogens is 1. The van der Waals surface area contributed by atoms with Gasteiger partial charge in [-0.05, 0) is 37.3 Å². The number of rotatable bonds is 9. The molecule has 0 unspecified atom stereocenters. The van der Waals surface area contributed by atoms with Crippen LogP contribution in [0.5, 0.6) is 0 Å². The van der Waals surface area contributed by atoms with Crippen molar-refractivity contribution in [1.82, 2.24) is 9.46 Å². The van der Waals surface area contributed by atoms with Crippen molar-refractivity contribution in [2.24, 2.45) is 0 Å². The minimum atomic E-state index is -3.64. The van der Waals surface area contributed by atoms with Gasteiger partial charge in [0.1, 0.15) is 5.69 Å². The summed E-state index contributed by atoms with van der Waals surface area (Å²) < 4.78 is 32.4. The molecule has 0 atom stereocenters. The van der Waals surface area contributed by atoms with Crippen LogP contribution in [0.2, 0.25) is 0 Å². The maximum absolute atomic E-state index is 12.9. The molecule has 1 aromatic heterocycles. The van der Waals surface area contributed by atoms with Crippen LogP contribution in [-0.4, -0.2) is 43.4 Å². The van der Waals surface area contributed by atoms with Gasteiger partial charge < -0.3 is 15.2 Å². The van der Waals surface area contributed by atoms with Crippen LogP contribution in [0, 0.1) is 0 Å². The van der Waals surface area contributed by atoms with E-state index in [9.17, 15) is 13.2 Å². The molecule has 2 N–H and O–H groups in total. The summed E-state index contributed by atoms with van der Waals surface area (Å²) >= 11 is 0. The lowest BCUT2D eigenvalue weighted by Gasteiger charge is -2.20.